The zero-order chi connectivity index (χ0) is 24.4. The maximum atomic E-state index is 6.79. The number of hydrogen-bond acceptors (Lipinski definition) is 8. The van der Waals surface area contributed by atoms with Crippen LogP contribution in [-0.2, 0) is 18.5 Å². The van der Waals surface area contributed by atoms with Crippen LogP contribution < -0.4 is 15.4 Å². The number of pyridine rings is 1. The Bertz CT molecular complexity index is 1490. The van der Waals surface area contributed by atoms with Gasteiger partial charge in [0.15, 0.2) is 5.84 Å². The number of piperidine rings is 2. The van der Waals surface area contributed by atoms with Gasteiger partial charge in [-0.25, -0.2) is 9.97 Å². The number of aryl methyl sites for hydroxylation is 1. The summed E-state index contributed by atoms with van der Waals surface area (Å²) < 4.78 is 6.59. The molecule has 194 valence electrons. The summed E-state index contributed by atoms with van der Waals surface area (Å²) >= 11 is 0. The second-order valence-corrected chi connectivity index (χ2v) is 11.7. The van der Waals surface area contributed by atoms with Gasteiger partial charge >= 0.3 is 0 Å². The lowest BCUT2D eigenvalue weighted by Crippen LogP contribution is -2.81. The molecule has 1 aromatic carbocycles. The van der Waals surface area contributed by atoms with Crippen molar-refractivity contribution in [3.8, 4) is 5.75 Å². The Balaban J connectivity index is 0.00000225. The van der Waals surface area contributed by atoms with Gasteiger partial charge in [0.1, 0.15) is 17.0 Å². The van der Waals surface area contributed by atoms with Crippen LogP contribution in [-0.4, -0.2) is 49.9 Å². The Morgan fingerprint density at radius 1 is 0.974 bits per heavy atom. The largest absolute Gasteiger partial charge is 0.485 e. The third kappa shape index (κ3) is 2.72. The number of fused-ring (bicyclic) bond motifs is 3. The lowest BCUT2D eigenvalue weighted by Gasteiger charge is -2.74. The molecule has 0 saturated carbocycles. The highest BCUT2D eigenvalue weighted by molar-refractivity contribution is 6.11. The van der Waals surface area contributed by atoms with Gasteiger partial charge < -0.3 is 15.4 Å². The van der Waals surface area contributed by atoms with E-state index in [0.717, 1.165) is 90.7 Å². The smallest absolute Gasteiger partial charge is 0.156 e. The summed E-state index contributed by atoms with van der Waals surface area (Å²) in [6, 6.07) is 13.4. The first-order valence-corrected chi connectivity index (χ1v) is 13.6. The van der Waals surface area contributed by atoms with Crippen LogP contribution in [0.25, 0.3) is 0 Å². The number of amidine groups is 1. The van der Waals surface area contributed by atoms with Crippen LogP contribution in [0.15, 0.2) is 53.8 Å². The highest BCUT2D eigenvalue weighted by Gasteiger charge is 2.71. The molecular weight excluding hydrogens is 474 g/mol. The molecule has 38 heavy (non-hydrogen) atoms. The lowest BCUT2D eigenvalue weighted by atomic mass is 9.55. The molecular formula is C30H33N7O. The van der Waals surface area contributed by atoms with Gasteiger partial charge in [-0.05, 0) is 43.9 Å². The molecule has 3 aromatic rings. The van der Waals surface area contributed by atoms with Crippen LogP contribution in [0.1, 0.15) is 73.9 Å². The summed E-state index contributed by atoms with van der Waals surface area (Å²) in [5.41, 5.74) is 13.1. The molecule has 2 aromatic heterocycles. The van der Waals surface area contributed by atoms with Crippen molar-refractivity contribution in [3.05, 3.63) is 77.1 Å². The summed E-state index contributed by atoms with van der Waals surface area (Å²) in [5.74, 6) is 1.92. The molecule has 8 heteroatoms. The Labute approximate surface area is 223 Å². The Kier molecular flexibility index (Phi) is 4.53. The van der Waals surface area contributed by atoms with E-state index >= 15 is 0 Å². The van der Waals surface area contributed by atoms with Gasteiger partial charge in [0.25, 0.3) is 0 Å². The lowest BCUT2D eigenvalue weighted by molar-refractivity contribution is -0.259. The van der Waals surface area contributed by atoms with Gasteiger partial charge in [-0.1, -0.05) is 25.6 Å². The van der Waals surface area contributed by atoms with Gasteiger partial charge in [-0.15, -0.1) is 0 Å². The van der Waals surface area contributed by atoms with E-state index < -0.39 is 0 Å². The van der Waals surface area contributed by atoms with Crippen molar-refractivity contribution in [2.45, 2.75) is 81.8 Å². The van der Waals surface area contributed by atoms with Crippen molar-refractivity contribution < 1.29 is 4.74 Å². The zero-order valence-electron chi connectivity index (χ0n) is 20.7. The number of nitrogens with two attached hydrogens (primary N) is 1. The molecule has 0 bridgehead atoms. The van der Waals surface area contributed by atoms with Crippen LogP contribution >= 0.6 is 0 Å². The van der Waals surface area contributed by atoms with Crippen molar-refractivity contribution in [2.75, 3.05) is 11.4 Å². The number of para-hydroxylation sites is 1. The Morgan fingerprint density at radius 3 is 2.66 bits per heavy atom. The topological polar surface area (TPSA) is 92.8 Å². The molecule has 8 heterocycles. The molecule has 3 saturated heterocycles. The molecule has 0 aliphatic carbocycles. The number of benzene rings is 1. The predicted octanol–water partition coefficient (Wildman–Crippen LogP) is 3.89. The SMILES string of the molecule is C.N[C@@H]1c2ccccc2OC12C[C@@H]1CC3(c4cnc5c(n4)CN=C5N4CCCc5ncccc54)C[C@H](C2)N13. The third-order valence-corrected chi connectivity index (χ3v) is 9.84. The standard InChI is InChI=1S/C29H29N7O.CH4/c30-26-19-5-1-2-8-23(19)37-29(26)13-17-11-28(12-18(14-29)36(17)28)24-16-32-25-21(34-24)15-33-27(25)35-10-4-6-20-22(35)7-3-9-31-20;/h1-3,5,7-9,16-18,26H,4,6,10-15,30H2;1H4/t17-,18+,26-,28?,29?;/m1./s1. The number of aromatic nitrogens is 3. The number of hydrogen-bond donors (Lipinski definition) is 1. The highest BCUT2D eigenvalue weighted by Crippen LogP contribution is 2.65. The molecule has 1 spiro atoms. The van der Waals surface area contributed by atoms with Gasteiger partial charge in [0, 0.05) is 43.2 Å². The van der Waals surface area contributed by atoms with E-state index in [2.05, 4.69) is 39.0 Å². The van der Waals surface area contributed by atoms with Gasteiger partial charge in [0.2, 0.25) is 0 Å². The number of rotatable bonds is 1. The fourth-order valence-corrected chi connectivity index (χ4v) is 8.34. The van der Waals surface area contributed by atoms with E-state index in [1.807, 2.05) is 24.5 Å². The second-order valence-electron chi connectivity index (χ2n) is 11.7. The number of nitrogens with zero attached hydrogens (tertiary/aromatic N) is 6. The summed E-state index contributed by atoms with van der Waals surface area (Å²) in [4.78, 5) is 24.7. The minimum absolute atomic E-state index is 0. The Hall–Kier alpha value is -3.36. The van der Waals surface area contributed by atoms with E-state index in [9.17, 15) is 0 Å². The quantitative estimate of drug-likeness (QED) is 0.534. The fourth-order valence-electron chi connectivity index (χ4n) is 8.34. The first-order valence-electron chi connectivity index (χ1n) is 13.6. The predicted molar refractivity (Wildman–Crippen MR) is 145 cm³/mol. The average molecular weight is 508 g/mol. The molecule has 2 unspecified atom stereocenters. The molecule has 6 aliphatic rings. The number of aliphatic imine (C=N–C) groups is 1. The van der Waals surface area contributed by atoms with E-state index in [1.165, 1.54) is 0 Å². The minimum atomic E-state index is -0.270. The average Bonchev–Trinajstić information content (AvgIpc) is 3.44. The summed E-state index contributed by atoms with van der Waals surface area (Å²) in [7, 11) is 0. The fraction of sp³-hybridized carbons (Fsp3) is 0.467. The van der Waals surface area contributed by atoms with Crippen LogP contribution in [0, 0.1) is 0 Å². The van der Waals surface area contributed by atoms with Crippen LogP contribution in [0.5, 0.6) is 5.75 Å². The molecule has 5 atom stereocenters. The van der Waals surface area contributed by atoms with Gasteiger partial charge in [0.05, 0.1) is 47.1 Å². The first-order chi connectivity index (χ1) is 18.2. The van der Waals surface area contributed by atoms with Crippen molar-refractivity contribution >= 4 is 11.5 Å². The van der Waals surface area contributed by atoms with Crippen molar-refractivity contribution in [1.82, 2.24) is 19.9 Å². The van der Waals surface area contributed by atoms with Crippen molar-refractivity contribution in [2.24, 2.45) is 10.7 Å². The Morgan fingerprint density at radius 2 is 1.82 bits per heavy atom. The number of ether oxygens (including phenoxy) is 1. The normalized spacial score (nSPS) is 33.6. The molecule has 6 aliphatic heterocycles. The van der Waals surface area contributed by atoms with Gasteiger partial charge in [-0.3, -0.25) is 14.9 Å². The summed E-state index contributed by atoms with van der Waals surface area (Å²) in [6.45, 7) is 1.54. The zero-order valence-corrected chi connectivity index (χ0v) is 20.7. The molecule has 9 rings (SSSR count). The first kappa shape index (κ1) is 22.6. The molecule has 2 N–H and O–H groups in total. The van der Waals surface area contributed by atoms with Crippen LogP contribution in [0.4, 0.5) is 5.69 Å². The van der Waals surface area contributed by atoms with E-state index in [1.54, 1.807) is 0 Å². The van der Waals surface area contributed by atoms with Crippen LogP contribution in [0.2, 0.25) is 0 Å². The second kappa shape index (κ2) is 7.61. The maximum Gasteiger partial charge on any atom is 0.156 e. The van der Waals surface area contributed by atoms with E-state index in [4.69, 9.17) is 25.4 Å². The summed E-state index contributed by atoms with van der Waals surface area (Å²) in [6.07, 6.45) is 10.2. The summed E-state index contributed by atoms with van der Waals surface area (Å²) in [5, 5.41) is 0. The molecule has 0 amide bonds. The third-order valence-electron chi connectivity index (χ3n) is 9.84. The molecule has 3 fully saturated rings. The van der Waals surface area contributed by atoms with E-state index in [0.29, 0.717) is 18.6 Å². The van der Waals surface area contributed by atoms with E-state index in [-0.39, 0.29) is 24.6 Å². The maximum absolute atomic E-state index is 6.79. The number of anilines is 1. The monoisotopic (exact) mass is 507 g/mol. The van der Waals surface area contributed by atoms with Gasteiger partial charge in [-0.2, -0.15) is 0 Å². The molecule has 8 nitrogen and oxygen atoms in total. The minimum Gasteiger partial charge on any atom is -0.485 e. The van der Waals surface area contributed by atoms with Crippen molar-refractivity contribution in [1.29, 1.82) is 0 Å². The van der Waals surface area contributed by atoms with Crippen molar-refractivity contribution in [3.63, 3.8) is 0 Å². The van der Waals surface area contributed by atoms with Crippen LogP contribution in [0.3, 0.4) is 0 Å². The molecule has 0 radical (unpaired) electrons. The highest BCUT2D eigenvalue weighted by atomic mass is 16.5.